The van der Waals surface area contributed by atoms with Gasteiger partial charge in [0, 0.05) is 24.1 Å². The molecule has 1 atom stereocenters. The summed E-state index contributed by atoms with van der Waals surface area (Å²) in [6.07, 6.45) is 6.52. The highest BCUT2D eigenvalue weighted by atomic mass is 35.5. The van der Waals surface area contributed by atoms with Crippen molar-refractivity contribution in [1.29, 1.82) is 0 Å². The van der Waals surface area contributed by atoms with Gasteiger partial charge in [0.05, 0.1) is 13.2 Å². The van der Waals surface area contributed by atoms with Crippen LogP contribution in [-0.4, -0.2) is 30.6 Å². The van der Waals surface area contributed by atoms with Gasteiger partial charge in [-0.25, -0.2) is 0 Å². The lowest BCUT2D eigenvalue weighted by atomic mass is 10.0. The minimum atomic E-state index is -0.128. The van der Waals surface area contributed by atoms with Crippen LogP contribution in [0.2, 0.25) is 0 Å². The van der Waals surface area contributed by atoms with Gasteiger partial charge in [-0.2, -0.15) is 0 Å². The van der Waals surface area contributed by atoms with Gasteiger partial charge in [0.25, 0.3) is 0 Å². The maximum Gasteiger partial charge on any atom is 0.241 e. The van der Waals surface area contributed by atoms with Gasteiger partial charge in [0.2, 0.25) is 5.91 Å². The third kappa shape index (κ3) is 6.57. The second-order valence-corrected chi connectivity index (χ2v) is 6.00. The summed E-state index contributed by atoms with van der Waals surface area (Å²) < 4.78 is 11.2. The van der Waals surface area contributed by atoms with Crippen molar-refractivity contribution < 1.29 is 14.3 Å². The average Bonchev–Trinajstić information content (AvgIpc) is 2.68. The monoisotopic (exact) mass is 413 g/mol. The molecule has 0 bridgehead atoms. The number of hydrogen-bond donors (Lipinski definition) is 2. The number of amides is 1. The maximum absolute atomic E-state index is 12.4. The number of carbonyl (C=O) groups is 1. The largest absolute Gasteiger partial charge is 0.493 e. The number of halogens is 2. The molecule has 27 heavy (non-hydrogen) atoms. The molecule has 0 saturated carbocycles. The first kappa shape index (κ1) is 23.0. The number of benzene rings is 1. The minimum Gasteiger partial charge on any atom is -0.493 e. The van der Waals surface area contributed by atoms with E-state index in [1.807, 2.05) is 18.2 Å². The SMILES string of the molecule is COc1ccc(NC(=O)C2CCCCN2)cc1OCc1ccncc1.Cl.Cl. The number of ether oxygens (including phenoxy) is 2. The second kappa shape index (κ2) is 11.6. The molecule has 1 aliphatic heterocycles. The summed E-state index contributed by atoms with van der Waals surface area (Å²) in [7, 11) is 1.60. The van der Waals surface area contributed by atoms with E-state index in [4.69, 9.17) is 9.47 Å². The lowest BCUT2D eigenvalue weighted by molar-refractivity contribution is -0.118. The first-order valence-electron chi connectivity index (χ1n) is 8.50. The highest BCUT2D eigenvalue weighted by Gasteiger charge is 2.20. The number of methoxy groups -OCH3 is 1. The topological polar surface area (TPSA) is 72.5 Å². The summed E-state index contributed by atoms with van der Waals surface area (Å²) in [4.78, 5) is 16.4. The molecule has 1 unspecified atom stereocenters. The number of aromatic nitrogens is 1. The molecule has 1 amide bonds. The molecule has 2 aromatic rings. The van der Waals surface area contributed by atoms with E-state index in [1.165, 1.54) is 0 Å². The normalized spacial score (nSPS) is 15.7. The number of nitrogens with one attached hydrogen (secondary N) is 2. The second-order valence-electron chi connectivity index (χ2n) is 6.00. The number of carbonyl (C=O) groups excluding carboxylic acids is 1. The number of hydrogen-bond acceptors (Lipinski definition) is 5. The summed E-state index contributed by atoms with van der Waals surface area (Å²) in [5.41, 5.74) is 1.71. The molecule has 2 heterocycles. The number of piperidine rings is 1. The van der Waals surface area contributed by atoms with Crippen molar-refractivity contribution in [3.05, 3.63) is 48.3 Å². The fourth-order valence-corrected chi connectivity index (χ4v) is 2.81. The van der Waals surface area contributed by atoms with Crippen molar-refractivity contribution in [3.63, 3.8) is 0 Å². The predicted molar refractivity (Wildman–Crippen MR) is 110 cm³/mol. The number of rotatable bonds is 6. The van der Waals surface area contributed by atoms with Gasteiger partial charge in [-0.1, -0.05) is 6.42 Å². The molecule has 1 saturated heterocycles. The van der Waals surface area contributed by atoms with Crippen LogP contribution in [0, 0.1) is 0 Å². The molecule has 0 spiro atoms. The number of nitrogens with zero attached hydrogens (tertiary/aromatic N) is 1. The zero-order valence-electron chi connectivity index (χ0n) is 15.1. The molecule has 2 N–H and O–H groups in total. The van der Waals surface area contributed by atoms with Crippen molar-refractivity contribution in [3.8, 4) is 11.5 Å². The Hall–Kier alpha value is -2.02. The predicted octanol–water partition coefficient (Wildman–Crippen LogP) is 3.59. The molecular formula is C19H25Cl2N3O3. The van der Waals surface area contributed by atoms with Crippen molar-refractivity contribution in [1.82, 2.24) is 10.3 Å². The molecule has 1 aliphatic rings. The molecule has 1 aromatic heterocycles. The Morgan fingerprint density at radius 2 is 1.96 bits per heavy atom. The van der Waals surface area contributed by atoms with E-state index in [0.717, 1.165) is 31.4 Å². The molecule has 6 nitrogen and oxygen atoms in total. The zero-order valence-corrected chi connectivity index (χ0v) is 16.8. The number of pyridine rings is 1. The number of anilines is 1. The van der Waals surface area contributed by atoms with Crippen LogP contribution in [0.15, 0.2) is 42.7 Å². The zero-order chi connectivity index (χ0) is 17.5. The van der Waals surface area contributed by atoms with Gasteiger partial charge in [-0.15, -0.1) is 24.8 Å². The molecule has 0 aliphatic carbocycles. The smallest absolute Gasteiger partial charge is 0.241 e. The van der Waals surface area contributed by atoms with E-state index in [9.17, 15) is 4.79 Å². The van der Waals surface area contributed by atoms with Crippen LogP contribution >= 0.6 is 24.8 Å². The molecule has 148 valence electrons. The summed E-state index contributed by atoms with van der Waals surface area (Å²) >= 11 is 0. The lowest BCUT2D eigenvalue weighted by Crippen LogP contribution is -2.43. The fourth-order valence-electron chi connectivity index (χ4n) is 2.81. The third-order valence-electron chi connectivity index (χ3n) is 4.20. The van der Waals surface area contributed by atoms with Crippen molar-refractivity contribution in [2.75, 3.05) is 19.0 Å². The van der Waals surface area contributed by atoms with E-state index < -0.39 is 0 Å². The Kier molecular flexibility index (Phi) is 9.93. The minimum absolute atomic E-state index is 0. The van der Waals surface area contributed by atoms with Crippen LogP contribution in [0.4, 0.5) is 5.69 Å². The van der Waals surface area contributed by atoms with Gasteiger partial charge in [0.15, 0.2) is 11.5 Å². The van der Waals surface area contributed by atoms with Gasteiger partial charge in [-0.3, -0.25) is 9.78 Å². The van der Waals surface area contributed by atoms with E-state index in [-0.39, 0.29) is 36.8 Å². The van der Waals surface area contributed by atoms with E-state index in [2.05, 4.69) is 15.6 Å². The summed E-state index contributed by atoms with van der Waals surface area (Å²) in [6, 6.07) is 9.07. The van der Waals surface area contributed by atoms with Crippen LogP contribution in [0.25, 0.3) is 0 Å². The van der Waals surface area contributed by atoms with Crippen LogP contribution in [0.5, 0.6) is 11.5 Å². The first-order chi connectivity index (χ1) is 12.3. The Morgan fingerprint density at radius 1 is 1.19 bits per heavy atom. The summed E-state index contributed by atoms with van der Waals surface area (Å²) in [5.74, 6) is 1.21. The van der Waals surface area contributed by atoms with E-state index in [1.54, 1.807) is 31.6 Å². The van der Waals surface area contributed by atoms with Gasteiger partial charge < -0.3 is 20.1 Å². The lowest BCUT2D eigenvalue weighted by Gasteiger charge is -2.22. The fraction of sp³-hybridized carbons (Fsp3) is 0.368. The highest BCUT2D eigenvalue weighted by molar-refractivity contribution is 5.95. The van der Waals surface area contributed by atoms with E-state index >= 15 is 0 Å². The summed E-state index contributed by atoms with van der Waals surface area (Å²) in [5, 5.41) is 6.20. The Labute approximate surface area is 171 Å². The van der Waals surface area contributed by atoms with Gasteiger partial charge >= 0.3 is 0 Å². The Morgan fingerprint density at radius 3 is 2.63 bits per heavy atom. The molecule has 0 radical (unpaired) electrons. The van der Waals surface area contributed by atoms with Crippen molar-refractivity contribution in [2.45, 2.75) is 31.9 Å². The maximum atomic E-state index is 12.4. The Balaban J connectivity index is 0.00000182. The third-order valence-corrected chi connectivity index (χ3v) is 4.20. The van der Waals surface area contributed by atoms with Crippen molar-refractivity contribution in [2.24, 2.45) is 0 Å². The first-order valence-corrected chi connectivity index (χ1v) is 8.50. The average molecular weight is 414 g/mol. The van der Waals surface area contributed by atoms with Gasteiger partial charge in [0.1, 0.15) is 6.61 Å². The van der Waals surface area contributed by atoms with E-state index in [0.29, 0.717) is 23.8 Å². The molecule has 1 aromatic carbocycles. The van der Waals surface area contributed by atoms with Crippen molar-refractivity contribution >= 4 is 36.4 Å². The molecule has 8 heteroatoms. The molecule has 1 fully saturated rings. The quantitative estimate of drug-likeness (QED) is 0.756. The van der Waals surface area contributed by atoms with Crippen LogP contribution < -0.4 is 20.1 Å². The van der Waals surface area contributed by atoms with Crippen LogP contribution in [0.3, 0.4) is 0 Å². The highest BCUT2D eigenvalue weighted by Crippen LogP contribution is 2.31. The van der Waals surface area contributed by atoms with Gasteiger partial charge in [-0.05, 0) is 49.2 Å². The molecule has 3 rings (SSSR count). The standard InChI is InChI=1S/C19H23N3O3.2ClH/c1-24-17-6-5-15(22-19(23)16-4-2-3-9-21-16)12-18(17)25-13-14-7-10-20-11-8-14;;/h5-8,10-12,16,21H,2-4,9,13H2,1H3,(H,22,23);2*1H. The summed E-state index contributed by atoms with van der Waals surface area (Å²) in [6.45, 7) is 1.29. The Bertz CT molecular complexity index is 711. The van der Waals surface area contributed by atoms with Crippen LogP contribution in [0.1, 0.15) is 24.8 Å². The van der Waals surface area contributed by atoms with Crippen LogP contribution in [-0.2, 0) is 11.4 Å². The molecular weight excluding hydrogens is 389 g/mol.